The molecule has 1 N–H and O–H groups in total. The van der Waals surface area contributed by atoms with E-state index in [0.29, 0.717) is 17.1 Å². The number of H-pyrrole nitrogens is 1. The van der Waals surface area contributed by atoms with E-state index in [9.17, 15) is 4.79 Å². The third-order valence-electron chi connectivity index (χ3n) is 2.93. The van der Waals surface area contributed by atoms with Crippen LogP contribution in [-0.2, 0) is 11.3 Å². The van der Waals surface area contributed by atoms with Crippen LogP contribution < -0.4 is 5.56 Å². The molecule has 0 saturated heterocycles. The normalized spacial score (nSPS) is 11.5. The highest BCUT2D eigenvalue weighted by molar-refractivity contribution is 7.25. The number of aromatic nitrogens is 3. The van der Waals surface area contributed by atoms with E-state index in [1.165, 1.54) is 11.3 Å². The first kappa shape index (κ1) is 12.3. The van der Waals surface area contributed by atoms with E-state index in [1.807, 2.05) is 13.0 Å². The van der Waals surface area contributed by atoms with Crippen LogP contribution in [0.3, 0.4) is 0 Å². The molecule has 98 valence electrons. The van der Waals surface area contributed by atoms with Crippen molar-refractivity contribution in [2.24, 2.45) is 0 Å². The summed E-state index contributed by atoms with van der Waals surface area (Å²) in [7, 11) is 1.65. The van der Waals surface area contributed by atoms with Crippen molar-refractivity contribution in [3.05, 3.63) is 33.5 Å². The third-order valence-corrected chi connectivity index (χ3v) is 4.00. The standard InChI is InChI=1S/C13H13N3O2S/c1-6-4-8(5-18-3)9-10-11(19-13(9)14-6)12(17)16-7(2)15-10/h4H,5H2,1-3H3,(H,15,16,17). The molecule has 0 aliphatic rings. The van der Waals surface area contributed by atoms with Crippen LogP contribution in [0.15, 0.2) is 10.9 Å². The number of nitrogens with zero attached hydrogens (tertiary/aromatic N) is 2. The first-order chi connectivity index (χ1) is 9.10. The number of aromatic amines is 1. The number of hydrogen-bond acceptors (Lipinski definition) is 5. The molecule has 0 bridgehead atoms. The summed E-state index contributed by atoms with van der Waals surface area (Å²) in [6.07, 6.45) is 0. The van der Waals surface area contributed by atoms with Crippen molar-refractivity contribution < 1.29 is 4.74 Å². The second-order valence-corrected chi connectivity index (χ2v) is 5.47. The van der Waals surface area contributed by atoms with Gasteiger partial charge >= 0.3 is 0 Å². The highest BCUT2D eigenvalue weighted by atomic mass is 32.1. The van der Waals surface area contributed by atoms with Crippen molar-refractivity contribution in [2.75, 3.05) is 7.11 Å². The van der Waals surface area contributed by atoms with Crippen molar-refractivity contribution in [2.45, 2.75) is 20.5 Å². The van der Waals surface area contributed by atoms with Gasteiger partial charge in [-0.25, -0.2) is 9.97 Å². The van der Waals surface area contributed by atoms with Gasteiger partial charge in [0.2, 0.25) is 0 Å². The number of methoxy groups -OCH3 is 1. The van der Waals surface area contributed by atoms with E-state index in [0.717, 1.165) is 27.0 Å². The number of hydrogen-bond donors (Lipinski definition) is 1. The van der Waals surface area contributed by atoms with Gasteiger partial charge in [0.05, 0.1) is 12.1 Å². The molecule has 0 saturated carbocycles. The average Bonchev–Trinajstić information content (AvgIpc) is 2.68. The zero-order valence-electron chi connectivity index (χ0n) is 10.9. The van der Waals surface area contributed by atoms with E-state index in [2.05, 4.69) is 15.0 Å². The molecule has 0 fully saturated rings. The number of fused-ring (bicyclic) bond motifs is 3. The van der Waals surface area contributed by atoms with Gasteiger partial charge in [-0.15, -0.1) is 11.3 Å². The molecule has 3 heterocycles. The number of rotatable bonds is 2. The summed E-state index contributed by atoms with van der Waals surface area (Å²) in [4.78, 5) is 24.5. The largest absolute Gasteiger partial charge is 0.380 e. The number of ether oxygens (including phenoxy) is 1. The van der Waals surface area contributed by atoms with Gasteiger partial charge in [0.15, 0.2) is 0 Å². The van der Waals surface area contributed by atoms with Gasteiger partial charge in [0.1, 0.15) is 15.4 Å². The van der Waals surface area contributed by atoms with Crippen LogP contribution in [0, 0.1) is 13.8 Å². The molecule has 5 nitrogen and oxygen atoms in total. The average molecular weight is 275 g/mol. The summed E-state index contributed by atoms with van der Waals surface area (Å²) in [6, 6.07) is 1.98. The zero-order chi connectivity index (χ0) is 13.6. The predicted molar refractivity (Wildman–Crippen MR) is 75.7 cm³/mol. The number of thiophene rings is 1. The van der Waals surface area contributed by atoms with E-state index in [1.54, 1.807) is 14.0 Å². The second kappa shape index (κ2) is 4.40. The summed E-state index contributed by atoms with van der Waals surface area (Å²) >= 11 is 1.38. The van der Waals surface area contributed by atoms with Gasteiger partial charge in [0, 0.05) is 18.2 Å². The Morgan fingerprint density at radius 2 is 2.16 bits per heavy atom. The fourth-order valence-corrected chi connectivity index (χ4v) is 3.34. The predicted octanol–water partition coefficient (Wildman–Crippen LogP) is 2.30. The number of pyridine rings is 1. The molecule has 0 amide bonds. The Labute approximate surface area is 113 Å². The summed E-state index contributed by atoms with van der Waals surface area (Å²) in [5.41, 5.74) is 2.56. The number of nitrogens with one attached hydrogen (secondary N) is 1. The second-order valence-electron chi connectivity index (χ2n) is 4.47. The van der Waals surface area contributed by atoms with E-state index >= 15 is 0 Å². The molecule has 3 rings (SSSR count). The molecule has 0 atom stereocenters. The van der Waals surface area contributed by atoms with Crippen molar-refractivity contribution in [3.63, 3.8) is 0 Å². The van der Waals surface area contributed by atoms with Crippen molar-refractivity contribution in [1.82, 2.24) is 15.0 Å². The van der Waals surface area contributed by atoms with Crippen LogP contribution in [0.25, 0.3) is 20.4 Å². The monoisotopic (exact) mass is 275 g/mol. The lowest BCUT2D eigenvalue weighted by atomic mass is 10.1. The van der Waals surface area contributed by atoms with Gasteiger partial charge in [-0.1, -0.05) is 0 Å². The minimum atomic E-state index is -0.105. The van der Waals surface area contributed by atoms with Crippen molar-refractivity contribution in [1.29, 1.82) is 0 Å². The van der Waals surface area contributed by atoms with Gasteiger partial charge in [-0.3, -0.25) is 4.79 Å². The van der Waals surface area contributed by atoms with Gasteiger partial charge in [-0.2, -0.15) is 0 Å². The SMILES string of the molecule is COCc1cc(C)nc2sc3c(=O)[nH]c(C)nc3c12. The summed E-state index contributed by atoms with van der Waals surface area (Å²) < 4.78 is 5.85. The smallest absolute Gasteiger partial charge is 0.268 e. The van der Waals surface area contributed by atoms with E-state index in [4.69, 9.17) is 4.74 Å². The maximum atomic E-state index is 12.0. The molecule has 0 aliphatic heterocycles. The minimum absolute atomic E-state index is 0.105. The summed E-state index contributed by atoms with van der Waals surface area (Å²) in [5.74, 6) is 0.612. The molecule has 0 unspecified atom stereocenters. The molecule has 3 aromatic heterocycles. The van der Waals surface area contributed by atoms with Crippen LogP contribution in [0.4, 0.5) is 0 Å². The number of aryl methyl sites for hydroxylation is 2. The molecule has 0 aromatic carbocycles. The Morgan fingerprint density at radius 3 is 2.89 bits per heavy atom. The third kappa shape index (κ3) is 1.93. The first-order valence-corrected chi connectivity index (χ1v) is 6.70. The van der Waals surface area contributed by atoms with Crippen LogP contribution in [0.1, 0.15) is 17.1 Å². The molecule has 0 aliphatic carbocycles. The van der Waals surface area contributed by atoms with E-state index < -0.39 is 0 Å². The maximum absolute atomic E-state index is 12.0. The maximum Gasteiger partial charge on any atom is 0.268 e. The molecular weight excluding hydrogens is 262 g/mol. The quantitative estimate of drug-likeness (QED) is 0.779. The first-order valence-electron chi connectivity index (χ1n) is 5.88. The fraction of sp³-hybridized carbons (Fsp3) is 0.308. The fourth-order valence-electron chi connectivity index (χ4n) is 2.24. The highest BCUT2D eigenvalue weighted by Gasteiger charge is 2.15. The molecule has 6 heteroatoms. The lowest BCUT2D eigenvalue weighted by Gasteiger charge is -2.03. The van der Waals surface area contributed by atoms with Crippen molar-refractivity contribution in [3.8, 4) is 0 Å². The van der Waals surface area contributed by atoms with Crippen LogP contribution in [-0.4, -0.2) is 22.1 Å². The Bertz CT molecular complexity index is 835. The summed E-state index contributed by atoms with van der Waals surface area (Å²) in [6.45, 7) is 4.20. The lowest BCUT2D eigenvalue weighted by molar-refractivity contribution is 0.186. The Balaban J connectivity index is 2.52. The highest BCUT2D eigenvalue weighted by Crippen LogP contribution is 2.32. The molecule has 0 spiro atoms. The van der Waals surface area contributed by atoms with Crippen molar-refractivity contribution >= 4 is 31.8 Å². The molecule has 3 aromatic rings. The van der Waals surface area contributed by atoms with Gasteiger partial charge in [0.25, 0.3) is 5.56 Å². The summed E-state index contributed by atoms with van der Waals surface area (Å²) in [5, 5.41) is 0.932. The Morgan fingerprint density at radius 1 is 1.37 bits per heavy atom. The zero-order valence-corrected chi connectivity index (χ0v) is 11.7. The Kier molecular flexibility index (Phi) is 2.83. The topological polar surface area (TPSA) is 67.9 Å². The molecule has 19 heavy (non-hydrogen) atoms. The van der Waals surface area contributed by atoms with Gasteiger partial charge < -0.3 is 9.72 Å². The van der Waals surface area contributed by atoms with Gasteiger partial charge in [-0.05, 0) is 25.5 Å². The van der Waals surface area contributed by atoms with E-state index in [-0.39, 0.29) is 5.56 Å². The lowest BCUT2D eigenvalue weighted by Crippen LogP contribution is -2.07. The Hall–Kier alpha value is -1.79. The van der Waals surface area contributed by atoms with Crippen LogP contribution >= 0.6 is 11.3 Å². The van der Waals surface area contributed by atoms with Crippen LogP contribution in [0.5, 0.6) is 0 Å². The molecular formula is C13H13N3O2S. The molecule has 0 radical (unpaired) electrons. The van der Waals surface area contributed by atoms with Crippen LogP contribution in [0.2, 0.25) is 0 Å². The minimum Gasteiger partial charge on any atom is -0.380 e.